The Morgan fingerprint density at radius 2 is 1.94 bits per heavy atom. The van der Waals surface area contributed by atoms with Gasteiger partial charge in [0.15, 0.2) is 0 Å². The number of aromatic nitrogens is 2. The van der Waals surface area contributed by atoms with Crippen LogP contribution in [0.2, 0.25) is 0 Å². The third-order valence-corrected chi connectivity index (χ3v) is 7.52. The quantitative estimate of drug-likeness (QED) is 0.489. The number of benzene rings is 1. The van der Waals surface area contributed by atoms with Crippen LogP contribution in [-0.2, 0) is 17.9 Å². The highest BCUT2D eigenvalue weighted by Gasteiger charge is 2.39. The van der Waals surface area contributed by atoms with Gasteiger partial charge in [-0.1, -0.05) is 12.1 Å². The lowest BCUT2D eigenvalue weighted by atomic mass is 9.94. The summed E-state index contributed by atoms with van der Waals surface area (Å²) in [7, 11) is 1.84. The van der Waals surface area contributed by atoms with Crippen molar-refractivity contribution >= 4 is 34.7 Å². The van der Waals surface area contributed by atoms with Crippen LogP contribution in [0.5, 0.6) is 0 Å². The molecule has 1 saturated heterocycles. The van der Waals surface area contributed by atoms with E-state index in [-0.39, 0.29) is 23.6 Å². The molecule has 0 unspecified atom stereocenters. The molecule has 1 fully saturated rings. The van der Waals surface area contributed by atoms with Crippen LogP contribution in [0.15, 0.2) is 54.2 Å². The van der Waals surface area contributed by atoms with Crippen LogP contribution < -0.4 is 4.90 Å². The Hall–Kier alpha value is -3.46. The molecule has 0 spiro atoms. The van der Waals surface area contributed by atoms with Crippen molar-refractivity contribution in [3.63, 3.8) is 0 Å². The zero-order chi connectivity index (χ0) is 23.7. The molecule has 0 atom stereocenters. The van der Waals surface area contributed by atoms with E-state index >= 15 is 0 Å². The maximum atomic E-state index is 13.2. The van der Waals surface area contributed by atoms with Crippen molar-refractivity contribution in [3.05, 3.63) is 70.2 Å². The Kier molecular flexibility index (Phi) is 6.19. The minimum Gasteiger partial charge on any atom is -0.371 e. The molecular formula is C25H27N5O3S. The predicted molar refractivity (Wildman–Crippen MR) is 130 cm³/mol. The van der Waals surface area contributed by atoms with Crippen molar-refractivity contribution in [2.24, 2.45) is 5.92 Å². The summed E-state index contributed by atoms with van der Waals surface area (Å²) >= 11 is 1.54. The van der Waals surface area contributed by atoms with Crippen LogP contribution in [0.4, 0.5) is 5.69 Å². The van der Waals surface area contributed by atoms with E-state index in [0.717, 1.165) is 23.4 Å². The smallest absolute Gasteiger partial charge is 0.264 e. The summed E-state index contributed by atoms with van der Waals surface area (Å²) < 4.78 is 1.82. The minimum atomic E-state index is -0.237. The average Bonchev–Trinajstić information content (AvgIpc) is 3.62. The fourth-order valence-electron chi connectivity index (χ4n) is 4.76. The molecule has 8 nitrogen and oxygen atoms in total. The number of hydrogen-bond donors (Lipinski definition) is 0. The van der Waals surface area contributed by atoms with Gasteiger partial charge in [0.1, 0.15) is 0 Å². The first-order chi connectivity index (χ1) is 16.5. The number of fused-ring (bicyclic) bond motifs is 1. The van der Waals surface area contributed by atoms with Gasteiger partial charge < -0.3 is 9.80 Å². The molecule has 1 aromatic carbocycles. The van der Waals surface area contributed by atoms with E-state index in [4.69, 9.17) is 0 Å². The molecule has 0 bridgehead atoms. The van der Waals surface area contributed by atoms with E-state index in [2.05, 4.69) is 10.00 Å². The summed E-state index contributed by atoms with van der Waals surface area (Å²) in [6.07, 6.45) is 5.06. The van der Waals surface area contributed by atoms with Crippen molar-refractivity contribution in [2.45, 2.75) is 25.9 Å². The molecule has 0 aliphatic carbocycles. The van der Waals surface area contributed by atoms with Gasteiger partial charge in [0.2, 0.25) is 5.91 Å². The minimum absolute atomic E-state index is 0.0386. The normalized spacial score (nSPS) is 16.3. The van der Waals surface area contributed by atoms with Gasteiger partial charge >= 0.3 is 0 Å². The Morgan fingerprint density at radius 3 is 2.65 bits per heavy atom. The molecule has 3 aromatic rings. The van der Waals surface area contributed by atoms with Crippen LogP contribution in [-0.4, -0.2) is 64.0 Å². The lowest BCUT2D eigenvalue weighted by Crippen LogP contribution is -2.42. The molecule has 3 amide bonds. The Morgan fingerprint density at radius 1 is 1.12 bits per heavy atom. The van der Waals surface area contributed by atoms with Gasteiger partial charge in [-0.25, -0.2) is 0 Å². The van der Waals surface area contributed by atoms with Gasteiger partial charge in [0.25, 0.3) is 11.8 Å². The number of likely N-dealkylation sites (N-methyl/N-ethyl adjacent to an activating group) is 1. The zero-order valence-electron chi connectivity index (χ0n) is 19.1. The summed E-state index contributed by atoms with van der Waals surface area (Å²) in [5.41, 5.74) is 1.75. The van der Waals surface area contributed by atoms with Gasteiger partial charge in [0.05, 0.1) is 29.9 Å². The van der Waals surface area contributed by atoms with Crippen molar-refractivity contribution in [1.82, 2.24) is 19.6 Å². The molecule has 2 aliphatic rings. The fraction of sp³-hybridized carbons (Fsp3) is 0.360. The highest BCUT2D eigenvalue weighted by molar-refractivity contribution is 7.09. The second-order valence-corrected chi connectivity index (χ2v) is 9.80. The largest absolute Gasteiger partial charge is 0.371 e. The van der Waals surface area contributed by atoms with Crippen LogP contribution in [0, 0.1) is 5.92 Å². The maximum Gasteiger partial charge on any atom is 0.264 e. The molecule has 9 heteroatoms. The number of thiophene rings is 1. The summed E-state index contributed by atoms with van der Waals surface area (Å²) in [5.74, 6) is -0.360. The number of imide groups is 1. The highest BCUT2D eigenvalue weighted by Crippen LogP contribution is 2.35. The van der Waals surface area contributed by atoms with Crippen LogP contribution >= 0.6 is 11.3 Å². The first-order valence-corrected chi connectivity index (χ1v) is 12.4. The predicted octanol–water partition coefficient (Wildman–Crippen LogP) is 3.12. The number of carbonyl (C=O) groups excluding carboxylic acids is 3. The zero-order valence-corrected chi connectivity index (χ0v) is 19.9. The van der Waals surface area contributed by atoms with E-state index in [9.17, 15) is 14.4 Å². The van der Waals surface area contributed by atoms with Crippen molar-refractivity contribution in [2.75, 3.05) is 31.6 Å². The van der Waals surface area contributed by atoms with E-state index in [0.29, 0.717) is 43.9 Å². The third-order valence-electron chi connectivity index (χ3n) is 6.66. The van der Waals surface area contributed by atoms with Gasteiger partial charge in [-0.15, -0.1) is 11.3 Å². The molecule has 4 heterocycles. The van der Waals surface area contributed by atoms with E-state index in [1.165, 1.54) is 16.2 Å². The monoisotopic (exact) mass is 477 g/mol. The molecular weight excluding hydrogens is 450 g/mol. The third kappa shape index (κ3) is 4.23. The molecule has 34 heavy (non-hydrogen) atoms. The van der Waals surface area contributed by atoms with E-state index < -0.39 is 0 Å². The number of carbonyl (C=O) groups is 3. The lowest BCUT2D eigenvalue weighted by molar-refractivity contribution is -0.135. The second kappa shape index (κ2) is 9.42. The lowest BCUT2D eigenvalue weighted by Gasteiger charge is -2.35. The van der Waals surface area contributed by atoms with Crippen molar-refractivity contribution in [3.8, 4) is 0 Å². The SMILES string of the molecule is CN(CCn1cccn1)C(=O)C1CCN(c2cccc3c2C(=O)N(Cc2cccs2)C3=O)CC1. The first-order valence-electron chi connectivity index (χ1n) is 11.5. The average molecular weight is 478 g/mol. The molecule has 176 valence electrons. The van der Waals surface area contributed by atoms with Crippen molar-refractivity contribution < 1.29 is 14.4 Å². The molecule has 2 aromatic heterocycles. The Bertz CT molecular complexity index is 1180. The van der Waals surface area contributed by atoms with Crippen molar-refractivity contribution in [1.29, 1.82) is 0 Å². The van der Waals surface area contributed by atoms with E-state index in [1.54, 1.807) is 17.2 Å². The number of nitrogens with zero attached hydrogens (tertiary/aromatic N) is 5. The molecule has 0 radical (unpaired) electrons. The first kappa shape index (κ1) is 22.3. The maximum absolute atomic E-state index is 13.2. The van der Waals surface area contributed by atoms with Crippen LogP contribution in [0.1, 0.15) is 38.4 Å². The topological polar surface area (TPSA) is 78.8 Å². The number of rotatable bonds is 7. The van der Waals surface area contributed by atoms with E-state index in [1.807, 2.05) is 53.6 Å². The van der Waals surface area contributed by atoms with Gasteiger partial charge in [-0.05, 0) is 42.5 Å². The van der Waals surface area contributed by atoms with Crippen LogP contribution in [0.3, 0.4) is 0 Å². The number of amides is 3. The molecule has 0 saturated carbocycles. The number of piperidine rings is 1. The number of anilines is 1. The summed E-state index contributed by atoms with van der Waals surface area (Å²) in [6, 6.07) is 11.2. The second-order valence-electron chi connectivity index (χ2n) is 8.77. The fourth-order valence-corrected chi connectivity index (χ4v) is 5.45. The Labute approximate surface area is 202 Å². The number of hydrogen-bond acceptors (Lipinski definition) is 6. The summed E-state index contributed by atoms with van der Waals surface area (Å²) in [4.78, 5) is 45.4. The van der Waals surface area contributed by atoms with Gasteiger partial charge in [-0.3, -0.25) is 24.0 Å². The summed E-state index contributed by atoms with van der Waals surface area (Å²) in [6.45, 7) is 2.93. The molecule has 2 aliphatic heterocycles. The summed E-state index contributed by atoms with van der Waals surface area (Å²) in [5, 5.41) is 6.13. The molecule has 0 N–H and O–H groups in total. The molecule has 5 rings (SSSR count). The Balaban J connectivity index is 1.24. The van der Waals surface area contributed by atoms with Gasteiger partial charge in [0, 0.05) is 49.9 Å². The van der Waals surface area contributed by atoms with Gasteiger partial charge in [-0.2, -0.15) is 5.10 Å². The highest BCUT2D eigenvalue weighted by atomic mass is 32.1. The standard InChI is InChI=1S/C25H27N5O3S/c1-27(14-15-29-11-4-10-26-29)23(31)18-8-12-28(13-9-18)21-7-2-6-20-22(21)25(33)30(24(20)32)17-19-5-3-16-34-19/h2-7,10-11,16,18H,8-9,12-15,17H2,1H3. The van der Waals surface area contributed by atoms with Crippen LogP contribution in [0.25, 0.3) is 0 Å².